The van der Waals surface area contributed by atoms with Gasteiger partial charge in [-0.15, -0.1) is 0 Å². The van der Waals surface area contributed by atoms with Gasteiger partial charge in [0.25, 0.3) is 5.91 Å². The van der Waals surface area contributed by atoms with Crippen molar-refractivity contribution >= 4 is 17.5 Å². The molecule has 1 aliphatic heterocycles. The van der Waals surface area contributed by atoms with E-state index in [2.05, 4.69) is 4.98 Å². The predicted octanol–water partition coefficient (Wildman–Crippen LogP) is 1.19. The molecular formula is C11H13ClN2O2. The minimum Gasteiger partial charge on any atom is -0.396 e. The second-order valence-corrected chi connectivity index (χ2v) is 4.29. The zero-order valence-corrected chi connectivity index (χ0v) is 9.52. The zero-order valence-electron chi connectivity index (χ0n) is 8.77. The molecule has 2 rings (SSSR count). The summed E-state index contributed by atoms with van der Waals surface area (Å²) in [5.41, 5.74) is 0.433. The van der Waals surface area contributed by atoms with Crippen LogP contribution in [0.1, 0.15) is 16.8 Å². The molecule has 0 bridgehead atoms. The van der Waals surface area contributed by atoms with Crippen molar-refractivity contribution in [1.82, 2.24) is 9.88 Å². The van der Waals surface area contributed by atoms with Gasteiger partial charge in [0.05, 0.1) is 5.56 Å². The number of carbonyl (C=O) groups is 1. The standard InChI is InChI=1S/C11H13ClN2O2/c12-10-9(2-1-4-13-10)11(16)14-5-3-8(6-14)7-15/h1-2,4,8,15H,3,5-7H2/t8-/m0/s1. The van der Waals surface area contributed by atoms with Crippen molar-refractivity contribution in [1.29, 1.82) is 0 Å². The van der Waals surface area contributed by atoms with E-state index < -0.39 is 0 Å². The van der Waals surface area contributed by atoms with Crippen molar-refractivity contribution in [3.8, 4) is 0 Å². The third-order valence-electron chi connectivity index (χ3n) is 2.82. The molecule has 1 aromatic heterocycles. The first-order chi connectivity index (χ1) is 7.72. The topological polar surface area (TPSA) is 53.4 Å². The van der Waals surface area contributed by atoms with E-state index in [0.717, 1.165) is 6.42 Å². The van der Waals surface area contributed by atoms with Crippen LogP contribution < -0.4 is 0 Å². The summed E-state index contributed by atoms with van der Waals surface area (Å²) in [6, 6.07) is 3.36. The van der Waals surface area contributed by atoms with Gasteiger partial charge in [0.1, 0.15) is 5.15 Å². The summed E-state index contributed by atoms with van der Waals surface area (Å²) in [6.07, 6.45) is 2.40. The summed E-state index contributed by atoms with van der Waals surface area (Å²) in [4.78, 5) is 17.6. The maximum absolute atomic E-state index is 12.0. The van der Waals surface area contributed by atoms with E-state index in [1.807, 2.05) is 0 Å². The van der Waals surface area contributed by atoms with Crippen molar-refractivity contribution < 1.29 is 9.90 Å². The number of rotatable bonds is 2. The van der Waals surface area contributed by atoms with Gasteiger partial charge in [0.2, 0.25) is 0 Å². The van der Waals surface area contributed by atoms with E-state index in [0.29, 0.717) is 18.7 Å². The lowest BCUT2D eigenvalue weighted by Gasteiger charge is -2.16. The SMILES string of the molecule is O=C(c1cccnc1Cl)N1CC[C@H](CO)C1. The Hall–Kier alpha value is -1.13. The highest BCUT2D eigenvalue weighted by Gasteiger charge is 2.27. The van der Waals surface area contributed by atoms with Crippen LogP contribution in [-0.2, 0) is 0 Å². The number of halogens is 1. The maximum Gasteiger partial charge on any atom is 0.256 e. The smallest absolute Gasteiger partial charge is 0.256 e. The molecule has 5 heteroatoms. The lowest BCUT2D eigenvalue weighted by Crippen LogP contribution is -2.29. The van der Waals surface area contributed by atoms with Gasteiger partial charge in [-0.3, -0.25) is 4.79 Å². The Labute approximate surface area is 98.9 Å². The molecule has 1 N–H and O–H groups in total. The molecule has 4 nitrogen and oxygen atoms in total. The van der Waals surface area contributed by atoms with Crippen molar-refractivity contribution in [3.63, 3.8) is 0 Å². The highest BCUT2D eigenvalue weighted by atomic mass is 35.5. The van der Waals surface area contributed by atoms with Crippen LogP contribution in [0.2, 0.25) is 5.15 Å². The fourth-order valence-corrected chi connectivity index (χ4v) is 2.08. The van der Waals surface area contributed by atoms with Gasteiger partial charge < -0.3 is 10.0 Å². The second kappa shape index (κ2) is 4.80. The molecule has 16 heavy (non-hydrogen) atoms. The van der Waals surface area contributed by atoms with Gasteiger partial charge in [-0.05, 0) is 18.6 Å². The molecule has 0 aliphatic carbocycles. The van der Waals surface area contributed by atoms with E-state index in [1.54, 1.807) is 23.2 Å². The van der Waals surface area contributed by atoms with Gasteiger partial charge in [-0.2, -0.15) is 0 Å². The summed E-state index contributed by atoms with van der Waals surface area (Å²) in [5.74, 6) is 0.0912. The average Bonchev–Trinajstić information content (AvgIpc) is 2.77. The minimum absolute atomic E-state index is 0.103. The summed E-state index contributed by atoms with van der Waals surface area (Å²) in [6.45, 7) is 1.40. The third-order valence-corrected chi connectivity index (χ3v) is 3.12. The van der Waals surface area contributed by atoms with Crippen LogP contribution in [0.5, 0.6) is 0 Å². The van der Waals surface area contributed by atoms with Crippen LogP contribution in [0.4, 0.5) is 0 Å². The van der Waals surface area contributed by atoms with E-state index in [4.69, 9.17) is 16.7 Å². The number of aromatic nitrogens is 1. The van der Waals surface area contributed by atoms with E-state index in [-0.39, 0.29) is 23.6 Å². The minimum atomic E-state index is -0.103. The summed E-state index contributed by atoms with van der Waals surface area (Å²) in [5, 5.41) is 9.25. The molecule has 2 heterocycles. The molecule has 1 aromatic rings. The molecule has 1 atom stereocenters. The van der Waals surface area contributed by atoms with Gasteiger partial charge in [0.15, 0.2) is 0 Å². The number of carbonyl (C=O) groups excluding carboxylic acids is 1. The number of aliphatic hydroxyl groups excluding tert-OH is 1. The van der Waals surface area contributed by atoms with Crippen LogP contribution in [0.15, 0.2) is 18.3 Å². The Morgan fingerprint density at radius 1 is 1.69 bits per heavy atom. The lowest BCUT2D eigenvalue weighted by atomic mass is 10.1. The molecular weight excluding hydrogens is 228 g/mol. The lowest BCUT2D eigenvalue weighted by molar-refractivity contribution is 0.0781. The van der Waals surface area contributed by atoms with Crippen LogP contribution in [0.3, 0.4) is 0 Å². The second-order valence-electron chi connectivity index (χ2n) is 3.93. The first kappa shape index (κ1) is 11.4. The largest absolute Gasteiger partial charge is 0.396 e. The number of amides is 1. The van der Waals surface area contributed by atoms with Crippen LogP contribution in [0, 0.1) is 5.92 Å². The van der Waals surface area contributed by atoms with Crippen LogP contribution >= 0.6 is 11.6 Å². The van der Waals surface area contributed by atoms with Crippen molar-refractivity contribution in [2.45, 2.75) is 6.42 Å². The number of aliphatic hydroxyl groups is 1. The Morgan fingerprint density at radius 3 is 3.12 bits per heavy atom. The zero-order chi connectivity index (χ0) is 11.5. The molecule has 1 fully saturated rings. The molecule has 0 radical (unpaired) electrons. The molecule has 0 saturated carbocycles. The molecule has 86 valence electrons. The Bertz CT molecular complexity index is 397. The fourth-order valence-electron chi connectivity index (χ4n) is 1.88. The first-order valence-electron chi connectivity index (χ1n) is 5.23. The summed E-state index contributed by atoms with van der Waals surface area (Å²) >= 11 is 5.86. The monoisotopic (exact) mass is 240 g/mol. The Kier molecular flexibility index (Phi) is 3.41. The van der Waals surface area contributed by atoms with Crippen molar-refractivity contribution in [2.24, 2.45) is 5.92 Å². The molecule has 0 aromatic carbocycles. The van der Waals surface area contributed by atoms with Crippen LogP contribution in [-0.4, -0.2) is 40.6 Å². The van der Waals surface area contributed by atoms with Gasteiger partial charge in [-0.25, -0.2) is 4.98 Å². The Balaban J connectivity index is 2.12. The summed E-state index contributed by atoms with van der Waals surface area (Å²) in [7, 11) is 0. The van der Waals surface area contributed by atoms with Gasteiger partial charge in [0, 0.05) is 31.8 Å². The normalized spacial score (nSPS) is 20.1. The fraction of sp³-hybridized carbons (Fsp3) is 0.455. The molecule has 0 unspecified atom stereocenters. The molecule has 0 spiro atoms. The first-order valence-corrected chi connectivity index (χ1v) is 5.61. The average molecular weight is 241 g/mol. The number of hydrogen-bond acceptors (Lipinski definition) is 3. The predicted molar refractivity (Wildman–Crippen MR) is 60.3 cm³/mol. The van der Waals surface area contributed by atoms with Gasteiger partial charge in [-0.1, -0.05) is 11.6 Å². The third kappa shape index (κ3) is 2.18. The summed E-state index contributed by atoms with van der Waals surface area (Å²) < 4.78 is 0. The van der Waals surface area contributed by atoms with Gasteiger partial charge >= 0.3 is 0 Å². The molecule has 1 aliphatic rings. The van der Waals surface area contributed by atoms with Crippen molar-refractivity contribution in [2.75, 3.05) is 19.7 Å². The quantitative estimate of drug-likeness (QED) is 0.790. The number of likely N-dealkylation sites (tertiary alicyclic amines) is 1. The van der Waals surface area contributed by atoms with E-state index in [9.17, 15) is 4.79 Å². The highest BCUT2D eigenvalue weighted by Crippen LogP contribution is 2.20. The molecule has 1 saturated heterocycles. The highest BCUT2D eigenvalue weighted by molar-refractivity contribution is 6.32. The van der Waals surface area contributed by atoms with E-state index >= 15 is 0 Å². The van der Waals surface area contributed by atoms with Crippen LogP contribution in [0.25, 0.3) is 0 Å². The molecule has 1 amide bonds. The number of hydrogen-bond donors (Lipinski definition) is 1. The van der Waals surface area contributed by atoms with E-state index in [1.165, 1.54) is 0 Å². The number of nitrogens with zero attached hydrogens (tertiary/aromatic N) is 2. The Morgan fingerprint density at radius 2 is 2.50 bits per heavy atom. The maximum atomic E-state index is 12.0. The van der Waals surface area contributed by atoms with Crippen molar-refractivity contribution in [3.05, 3.63) is 29.0 Å². The number of pyridine rings is 1.